The van der Waals surface area contributed by atoms with Gasteiger partial charge in [0.05, 0.1) is 10.6 Å². The maximum atomic E-state index is 11.7. The summed E-state index contributed by atoms with van der Waals surface area (Å²) in [6.07, 6.45) is 0. The zero-order chi connectivity index (χ0) is 11.2. The zero-order valence-corrected chi connectivity index (χ0v) is 9.47. The van der Waals surface area contributed by atoms with E-state index in [4.69, 9.17) is 11.6 Å². The van der Waals surface area contributed by atoms with Crippen LogP contribution in [0.4, 0.5) is 5.69 Å². The summed E-state index contributed by atoms with van der Waals surface area (Å²) in [5.74, 6) is -0.915. The quantitative estimate of drug-likeness (QED) is 0.688. The van der Waals surface area contributed by atoms with Crippen molar-refractivity contribution in [2.45, 2.75) is 4.90 Å². The molecule has 6 heteroatoms. The van der Waals surface area contributed by atoms with Crippen LogP contribution >= 0.6 is 11.6 Å². The molecule has 0 spiro atoms. The fourth-order valence-corrected chi connectivity index (χ4v) is 3.23. The topological polar surface area (TPSA) is 54.5 Å². The zero-order valence-electron chi connectivity index (χ0n) is 7.90. The standard InChI is InChI=1S/C9H8ClNO3S/c1-11-7-3-2-6(10)4-8(7)15(13,14)5-9(11)12/h2-4H,5H2,1H3. The summed E-state index contributed by atoms with van der Waals surface area (Å²) < 4.78 is 23.4. The Morgan fingerprint density at radius 2 is 2.07 bits per heavy atom. The van der Waals surface area contributed by atoms with Gasteiger partial charge in [-0.05, 0) is 18.2 Å². The average molecular weight is 246 g/mol. The predicted octanol–water partition coefficient (Wildman–Crippen LogP) is 1.09. The minimum absolute atomic E-state index is 0.122. The van der Waals surface area contributed by atoms with E-state index < -0.39 is 21.5 Å². The number of hydrogen-bond donors (Lipinski definition) is 0. The van der Waals surface area contributed by atoms with E-state index in [1.54, 1.807) is 13.1 Å². The fourth-order valence-electron chi connectivity index (χ4n) is 1.49. The van der Waals surface area contributed by atoms with Crippen molar-refractivity contribution in [2.24, 2.45) is 0 Å². The summed E-state index contributed by atoms with van der Waals surface area (Å²) in [7, 11) is -1.98. The van der Waals surface area contributed by atoms with Gasteiger partial charge in [0.25, 0.3) is 0 Å². The van der Waals surface area contributed by atoms with Crippen molar-refractivity contribution in [3.63, 3.8) is 0 Å². The van der Waals surface area contributed by atoms with Crippen LogP contribution in [0, 0.1) is 0 Å². The Kier molecular flexibility index (Phi) is 2.24. The van der Waals surface area contributed by atoms with Crippen molar-refractivity contribution < 1.29 is 13.2 Å². The lowest BCUT2D eigenvalue weighted by Gasteiger charge is -2.25. The molecule has 0 saturated heterocycles. The largest absolute Gasteiger partial charge is 0.313 e. The summed E-state index contributed by atoms with van der Waals surface area (Å²) in [6, 6.07) is 4.46. The van der Waals surface area contributed by atoms with Crippen LogP contribution in [0.25, 0.3) is 0 Å². The van der Waals surface area contributed by atoms with Crippen LogP contribution in [0.5, 0.6) is 0 Å². The molecule has 0 unspecified atom stereocenters. The monoisotopic (exact) mass is 245 g/mol. The Labute approximate surface area is 92.4 Å². The number of hydrogen-bond acceptors (Lipinski definition) is 3. The van der Waals surface area contributed by atoms with E-state index in [0.717, 1.165) is 0 Å². The van der Waals surface area contributed by atoms with Gasteiger partial charge in [-0.15, -0.1) is 0 Å². The third-order valence-electron chi connectivity index (χ3n) is 2.31. The highest BCUT2D eigenvalue weighted by atomic mass is 35.5. The van der Waals surface area contributed by atoms with Gasteiger partial charge in [-0.2, -0.15) is 0 Å². The molecule has 1 amide bonds. The molecule has 1 aliphatic rings. The van der Waals surface area contributed by atoms with Crippen molar-refractivity contribution in [3.05, 3.63) is 23.2 Å². The highest BCUT2D eigenvalue weighted by Gasteiger charge is 2.32. The first kappa shape index (κ1) is 10.4. The van der Waals surface area contributed by atoms with E-state index >= 15 is 0 Å². The number of anilines is 1. The van der Waals surface area contributed by atoms with Gasteiger partial charge in [0.2, 0.25) is 5.91 Å². The third-order valence-corrected chi connectivity index (χ3v) is 4.17. The van der Waals surface area contributed by atoms with E-state index in [9.17, 15) is 13.2 Å². The normalized spacial score (nSPS) is 18.8. The Morgan fingerprint density at radius 1 is 1.40 bits per heavy atom. The number of amides is 1. The van der Waals surface area contributed by atoms with Crippen LogP contribution in [-0.2, 0) is 14.6 Å². The molecule has 0 radical (unpaired) electrons. The van der Waals surface area contributed by atoms with E-state index in [1.807, 2.05) is 0 Å². The molecule has 0 aliphatic carbocycles. The van der Waals surface area contributed by atoms with Crippen LogP contribution in [0.1, 0.15) is 0 Å². The number of rotatable bonds is 0. The van der Waals surface area contributed by atoms with Crippen LogP contribution in [0.15, 0.2) is 23.1 Å². The van der Waals surface area contributed by atoms with Gasteiger partial charge in [-0.25, -0.2) is 8.42 Å². The maximum absolute atomic E-state index is 11.7. The number of carbonyl (C=O) groups excluding carboxylic acids is 1. The molecular weight excluding hydrogens is 238 g/mol. The van der Waals surface area contributed by atoms with Crippen molar-refractivity contribution in [2.75, 3.05) is 17.7 Å². The van der Waals surface area contributed by atoms with Gasteiger partial charge in [0.1, 0.15) is 5.75 Å². The van der Waals surface area contributed by atoms with Crippen LogP contribution in [-0.4, -0.2) is 27.1 Å². The molecule has 0 fully saturated rings. The molecule has 0 atom stereocenters. The van der Waals surface area contributed by atoms with E-state index in [0.29, 0.717) is 10.7 Å². The van der Waals surface area contributed by atoms with Crippen LogP contribution < -0.4 is 4.90 Å². The number of halogens is 1. The Morgan fingerprint density at radius 3 is 2.73 bits per heavy atom. The lowest BCUT2D eigenvalue weighted by molar-refractivity contribution is -0.116. The highest BCUT2D eigenvalue weighted by molar-refractivity contribution is 7.92. The van der Waals surface area contributed by atoms with Crippen molar-refractivity contribution >= 4 is 33.0 Å². The molecule has 80 valence electrons. The molecule has 0 aromatic heterocycles. The van der Waals surface area contributed by atoms with Crippen molar-refractivity contribution in [1.29, 1.82) is 0 Å². The molecule has 1 aromatic rings. The molecule has 0 bridgehead atoms. The highest BCUT2D eigenvalue weighted by Crippen LogP contribution is 2.32. The fraction of sp³-hybridized carbons (Fsp3) is 0.222. The second kappa shape index (κ2) is 3.21. The number of fused-ring (bicyclic) bond motifs is 1. The van der Waals surface area contributed by atoms with Crippen LogP contribution in [0.2, 0.25) is 5.02 Å². The number of nitrogens with zero attached hydrogens (tertiary/aromatic N) is 1. The predicted molar refractivity (Wildman–Crippen MR) is 56.9 cm³/mol. The maximum Gasteiger partial charge on any atom is 0.242 e. The summed E-state index contributed by atoms with van der Waals surface area (Å²) >= 11 is 5.72. The van der Waals surface area contributed by atoms with Gasteiger partial charge in [0, 0.05) is 12.1 Å². The minimum Gasteiger partial charge on any atom is -0.313 e. The van der Waals surface area contributed by atoms with Crippen molar-refractivity contribution in [3.8, 4) is 0 Å². The molecule has 2 rings (SSSR count). The summed E-state index contributed by atoms with van der Waals surface area (Å²) in [6.45, 7) is 0. The van der Waals surface area contributed by atoms with E-state index in [1.165, 1.54) is 17.0 Å². The first-order chi connectivity index (χ1) is 6.92. The van der Waals surface area contributed by atoms with Crippen LogP contribution in [0.3, 0.4) is 0 Å². The van der Waals surface area contributed by atoms with Gasteiger partial charge in [0.15, 0.2) is 9.84 Å². The number of carbonyl (C=O) groups is 1. The lowest BCUT2D eigenvalue weighted by atomic mass is 10.3. The second-order valence-electron chi connectivity index (χ2n) is 3.32. The Hall–Kier alpha value is -1.07. The Balaban J connectivity index is 2.75. The molecule has 0 saturated carbocycles. The SMILES string of the molecule is CN1C(=O)CS(=O)(=O)c2cc(Cl)ccc21. The first-order valence-corrected chi connectivity index (χ1v) is 6.24. The summed E-state index contributed by atoms with van der Waals surface area (Å²) in [5.41, 5.74) is 0.385. The van der Waals surface area contributed by atoms with Gasteiger partial charge in [-0.3, -0.25) is 4.79 Å². The molecular formula is C9H8ClNO3S. The molecule has 15 heavy (non-hydrogen) atoms. The van der Waals surface area contributed by atoms with Crippen molar-refractivity contribution in [1.82, 2.24) is 0 Å². The first-order valence-electron chi connectivity index (χ1n) is 4.21. The molecule has 4 nitrogen and oxygen atoms in total. The lowest BCUT2D eigenvalue weighted by Crippen LogP contribution is -2.37. The molecule has 1 aliphatic heterocycles. The molecule has 1 heterocycles. The van der Waals surface area contributed by atoms with Gasteiger partial charge in [-0.1, -0.05) is 11.6 Å². The number of benzene rings is 1. The molecule has 1 aromatic carbocycles. The Bertz CT molecular complexity index is 538. The van der Waals surface area contributed by atoms with E-state index in [2.05, 4.69) is 0 Å². The van der Waals surface area contributed by atoms with Gasteiger partial charge < -0.3 is 4.90 Å². The van der Waals surface area contributed by atoms with Gasteiger partial charge >= 0.3 is 0 Å². The third kappa shape index (κ3) is 1.61. The summed E-state index contributed by atoms with van der Waals surface area (Å²) in [4.78, 5) is 12.8. The minimum atomic E-state index is -3.52. The number of sulfone groups is 1. The second-order valence-corrected chi connectivity index (χ2v) is 5.72. The van der Waals surface area contributed by atoms with E-state index in [-0.39, 0.29) is 4.90 Å². The molecule has 0 N–H and O–H groups in total. The summed E-state index contributed by atoms with van der Waals surface area (Å²) in [5, 5.41) is 0.347. The smallest absolute Gasteiger partial charge is 0.242 e. The average Bonchev–Trinajstić information content (AvgIpc) is 2.14.